The molecule has 0 atom stereocenters. The third-order valence-electron chi connectivity index (χ3n) is 3.06. The second-order valence-corrected chi connectivity index (χ2v) is 5.47. The molecule has 0 aliphatic heterocycles. The molecule has 1 rings (SSSR count). The summed E-state index contributed by atoms with van der Waals surface area (Å²) in [5.74, 6) is 0. The number of hydrogen-bond donors (Lipinski definition) is 1. The first-order valence-corrected chi connectivity index (χ1v) is 6.16. The molecule has 1 heterocycles. The molecule has 0 aliphatic rings. The molecular weight excluding hydrogens is 214 g/mol. The Morgan fingerprint density at radius 1 is 1.35 bits per heavy atom. The van der Waals surface area contributed by atoms with E-state index in [2.05, 4.69) is 42.6 Å². The van der Waals surface area contributed by atoms with E-state index in [4.69, 9.17) is 4.74 Å². The summed E-state index contributed by atoms with van der Waals surface area (Å²) >= 11 is 0. The predicted octanol–water partition coefficient (Wildman–Crippen LogP) is 2.15. The van der Waals surface area contributed by atoms with Gasteiger partial charge < -0.3 is 14.6 Å². The highest BCUT2D eigenvalue weighted by atomic mass is 16.5. The molecule has 0 aromatic carbocycles. The molecule has 1 aromatic heterocycles. The van der Waals surface area contributed by atoms with Gasteiger partial charge in [-0.25, -0.2) is 4.98 Å². The molecule has 0 fully saturated rings. The average molecular weight is 239 g/mol. The van der Waals surface area contributed by atoms with E-state index >= 15 is 0 Å². The lowest BCUT2D eigenvalue weighted by molar-refractivity contribution is -0.0233. The van der Waals surface area contributed by atoms with Crippen LogP contribution < -0.4 is 5.32 Å². The summed E-state index contributed by atoms with van der Waals surface area (Å²) in [5, 5.41) is 3.30. The highest BCUT2D eigenvalue weighted by Crippen LogP contribution is 2.22. The van der Waals surface area contributed by atoms with Gasteiger partial charge in [-0.05, 0) is 41.7 Å². The van der Waals surface area contributed by atoms with E-state index in [9.17, 15) is 0 Å². The molecule has 0 saturated heterocycles. The fourth-order valence-electron chi connectivity index (χ4n) is 1.94. The molecule has 0 spiro atoms. The summed E-state index contributed by atoms with van der Waals surface area (Å²) in [5.41, 5.74) is 0.917. The molecule has 0 aliphatic carbocycles. The molecule has 1 aromatic rings. The van der Waals surface area contributed by atoms with Crippen molar-refractivity contribution in [2.24, 2.45) is 0 Å². The van der Waals surface area contributed by atoms with Gasteiger partial charge in [-0.1, -0.05) is 0 Å². The number of ether oxygens (including phenoxy) is 1. The highest BCUT2D eigenvalue weighted by molar-refractivity contribution is 5.11. The van der Waals surface area contributed by atoms with E-state index in [0.717, 1.165) is 13.2 Å². The van der Waals surface area contributed by atoms with Gasteiger partial charge in [0.25, 0.3) is 0 Å². The Balaban J connectivity index is 2.90. The molecule has 0 unspecified atom stereocenters. The van der Waals surface area contributed by atoms with E-state index < -0.39 is 0 Å². The first kappa shape index (κ1) is 14.2. The highest BCUT2D eigenvalue weighted by Gasteiger charge is 2.26. The van der Waals surface area contributed by atoms with Crippen LogP contribution in [0.3, 0.4) is 0 Å². The van der Waals surface area contributed by atoms with Gasteiger partial charge in [-0.2, -0.15) is 0 Å². The summed E-state index contributed by atoms with van der Waals surface area (Å²) < 4.78 is 7.89. The Hall–Kier alpha value is -0.870. The van der Waals surface area contributed by atoms with Crippen molar-refractivity contribution in [1.82, 2.24) is 14.9 Å². The molecular formula is C13H25N3O. The number of imidazole rings is 1. The normalized spacial score (nSPS) is 13.1. The first-order chi connectivity index (χ1) is 7.82. The summed E-state index contributed by atoms with van der Waals surface area (Å²) in [4.78, 5) is 4.25. The van der Waals surface area contributed by atoms with Crippen molar-refractivity contribution in [2.45, 2.75) is 52.3 Å². The molecule has 98 valence electrons. The van der Waals surface area contributed by atoms with E-state index in [1.54, 1.807) is 0 Å². The van der Waals surface area contributed by atoms with E-state index in [-0.39, 0.29) is 11.1 Å². The van der Waals surface area contributed by atoms with Crippen LogP contribution in [0.15, 0.2) is 12.5 Å². The summed E-state index contributed by atoms with van der Waals surface area (Å²) in [6.45, 7) is 12.1. The monoisotopic (exact) mass is 239 g/mol. The molecule has 17 heavy (non-hydrogen) atoms. The quantitative estimate of drug-likeness (QED) is 0.827. The Morgan fingerprint density at radius 3 is 2.53 bits per heavy atom. The van der Waals surface area contributed by atoms with Crippen LogP contribution in [0.2, 0.25) is 0 Å². The summed E-state index contributed by atoms with van der Waals surface area (Å²) in [6, 6.07) is 0. The van der Waals surface area contributed by atoms with Crippen LogP contribution >= 0.6 is 0 Å². The van der Waals surface area contributed by atoms with Gasteiger partial charge in [0.1, 0.15) is 0 Å². The van der Waals surface area contributed by atoms with Crippen molar-refractivity contribution >= 4 is 0 Å². The van der Waals surface area contributed by atoms with Gasteiger partial charge >= 0.3 is 0 Å². The molecule has 4 nitrogen and oxygen atoms in total. The second kappa shape index (κ2) is 5.19. The lowest BCUT2D eigenvalue weighted by atomic mass is 10.0. The molecule has 0 amide bonds. The fourth-order valence-corrected chi connectivity index (χ4v) is 1.94. The van der Waals surface area contributed by atoms with Crippen LogP contribution in [0.4, 0.5) is 0 Å². The average Bonchev–Trinajstić information content (AvgIpc) is 2.65. The Morgan fingerprint density at radius 2 is 2.00 bits per heavy atom. The molecule has 1 N–H and O–H groups in total. The zero-order chi connectivity index (χ0) is 13.1. The zero-order valence-corrected chi connectivity index (χ0v) is 11.9. The van der Waals surface area contributed by atoms with Gasteiger partial charge in [-0.15, -0.1) is 0 Å². The largest absolute Gasteiger partial charge is 0.374 e. The zero-order valence-electron chi connectivity index (χ0n) is 11.9. The summed E-state index contributed by atoms with van der Waals surface area (Å²) in [7, 11) is 1.96. The number of aromatic nitrogens is 2. The van der Waals surface area contributed by atoms with Gasteiger partial charge in [0, 0.05) is 12.8 Å². The molecule has 0 bridgehead atoms. The van der Waals surface area contributed by atoms with Crippen LogP contribution in [0.1, 0.15) is 40.3 Å². The predicted molar refractivity (Wildman–Crippen MR) is 70.0 cm³/mol. The lowest BCUT2D eigenvalue weighted by Gasteiger charge is -2.30. The van der Waals surface area contributed by atoms with Gasteiger partial charge in [0.15, 0.2) is 0 Å². The van der Waals surface area contributed by atoms with Crippen molar-refractivity contribution in [3.05, 3.63) is 18.2 Å². The Labute approximate surface area is 104 Å². The Bertz CT molecular complexity index is 355. The van der Waals surface area contributed by atoms with E-state index in [1.807, 2.05) is 26.5 Å². The smallest absolute Gasteiger partial charge is 0.0949 e. The minimum atomic E-state index is -0.173. The standard InChI is InChI=1S/C13H25N3O/c1-7-17-12(2,3)9-16-10-15-8-11(16)13(4,5)14-6/h8,10,14H,7,9H2,1-6H3. The van der Waals surface area contributed by atoms with E-state index in [0.29, 0.717) is 0 Å². The van der Waals surface area contributed by atoms with Crippen LogP contribution in [0, 0.1) is 0 Å². The van der Waals surface area contributed by atoms with Gasteiger partial charge in [0.05, 0.1) is 29.7 Å². The van der Waals surface area contributed by atoms with Crippen LogP contribution in [0.5, 0.6) is 0 Å². The molecule has 4 heteroatoms. The first-order valence-electron chi connectivity index (χ1n) is 6.16. The number of rotatable bonds is 6. The van der Waals surface area contributed by atoms with Gasteiger partial charge in [-0.3, -0.25) is 0 Å². The minimum Gasteiger partial charge on any atom is -0.374 e. The van der Waals surface area contributed by atoms with E-state index in [1.165, 1.54) is 5.69 Å². The maximum atomic E-state index is 5.73. The number of hydrogen-bond acceptors (Lipinski definition) is 3. The third-order valence-corrected chi connectivity index (χ3v) is 3.06. The second-order valence-electron chi connectivity index (χ2n) is 5.47. The third kappa shape index (κ3) is 3.54. The van der Waals surface area contributed by atoms with Gasteiger partial charge in [0.2, 0.25) is 0 Å². The molecule has 0 saturated carbocycles. The minimum absolute atomic E-state index is 0.0845. The summed E-state index contributed by atoms with van der Waals surface area (Å²) in [6.07, 6.45) is 3.79. The van der Waals surface area contributed by atoms with Crippen LogP contribution in [-0.4, -0.2) is 28.8 Å². The maximum absolute atomic E-state index is 5.73. The van der Waals surface area contributed by atoms with Crippen molar-refractivity contribution in [3.63, 3.8) is 0 Å². The van der Waals surface area contributed by atoms with Crippen LogP contribution in [-0.2, 0) is 16.8 Å². The van der Waals surface area contributed by atoms with Crippen LogP contribution in [0.25, 0.3) is 0 Å². The van der Waals surface area contributed by atoms with Crippen molar-refractivity contribution < 1.29 is 4.74 Å². The lowest BCUT2D eigenvalue weighted by Crippen LogP contribution is -2.38. The number of nitrogens with one attached hydrogen (secondary N) is 1. The topological polar surface area (TPSA) is 39.1 Å². The van der Waals surface area contributed by atoms with Crippen molar-refractivity contribution in [3.8, 4) is 0 Å². The Kier molecular flexibility index (Phi) is 4.33. The number of nitrogens with zero attached hydrogens (tertiary/aromatic N) is 2. The van der Waals surface area contributed by atoms with Crippen molar-refractivity contribution in [1.29, 1.82) is 0 Å². The molecule has 0 radical (unpaired) electrons. The maximum Gasteiger partial charge on any atom is 0.0949 e. The fraction of sp³-hybridized carbons (Fsp3) is 0.769. The van der Waals surface area contributed by atoms with Crippen molar-refractivity contribution in [2.75, 3.05) is 13.7 Å². The SMILES string of the molecule is CCOC(C)(C)Cn1cncc1C(C)(C)NC.